The second-order valence-corrected chi connectivity index (χ2v) is 6.72. The van der Waals surface area contributed by atoms with Crippen LogP contribution in [-0.4, -0.2) is 50.3 Å². The zero-order chi connectivity index (χ0) is 19.4. The maximum Gasteiger partial charge on any atom is 0.272 e. The average molecular weight is 377 g/mol. The Balaban J connectivity index is 1.58. The van der Waals surface area contributed by atoms with Gasteiger partial charge < -0.3 is 20.3 Å². The molecule has 1 aromatic heterocycles. The minimum absolute atomic E-state index is 0.267. The van der Waals surface area contributed by atoms with E-state index in [1.807, 2.05) is 6.92 Å². The normalized spacial score (nSPS) is 25.2. The molecule has 1 saturated carbocycles. The van der Waals surface area contributed by atoms with Gasteiger partial charge in [0.2, 0.25) is 0 Å². The third-order valence-corrected chi connectivity index (χ3v) is 4.63. The summed E-state index contributed by atoms with van der Waals surface area (Å²) in [5, 5.41) is 27.7. The van der Waals surface area contributed by atoms with Crippen LogP contribution in [0.25, 0.3) is 0 Å². The van der Waals surface area contributed by atoms with E-state index in [1.165, 1.54) is 18.2 Å². The van der Waals surface area contributed by atoms with E-state index in [4.69, 9.17) is 4.74 Å². The lowest BCUT2D eigenvalue weighted by Crippen LogP contribution is -2.57. The molecule has 0 aliphatic heterocycles. The van der Waals surface area contributed by atoms with Gasteiger partial charge in [-0.2, -0.15) is 5.10 Å². The van der Waals surface area contributed by atoms with Crippen molar-refractivity contribution in [1.29, 1.82) is 0 Å². The van der Waals surface area contributed by atoms with Gasteiger partial charge in [0.25, 0.3) is 5.91 Å². The highest BCUT2D eigenvalue weighted by molar-refractivity contribution is 5.92. The van der Waals surface area contributed by atoms with Crippen molar-refractivity contribution in [2.24, 2.45) is 0 Å². The van der Waals surface area contributed by atoms with Gasteiger partial charge >= 0.3 is 0 Å². The first kappa shape index (κ1) is 19.3. The predicted octanol–water partition coefficient (Wildman–Crippen LogP) is 1.49. The molecular formula is C19H24FN3O4. The Labute approximate surface area is 156 Å². The fourth-order valence-corrected chi connectivity index (χ4v) is 3.22. The Morgan fingerprint density at radius 1 is 1.33 bits per heavy atom. The van der Waals surface area contributed by atoms with E-state index in [-0.39, 0.29) is 11.4 Å². The van der Waals surface area contributed by atoms with E-state index in [0.29, 0.717) is 12.8 Å². The van der Waals surface area contributed by atoms with Crippen LogP contribution in [0.1, 0.15) is 36.7 Å². The molecule has 1 amide bonds. The molecular weight excluding hydrogens is 353 g/mol. The average Bonchev–Trinajstić information content (AvgIpc) is 3.11. The summed E-state index contributed by atoms with van der Waals surface area (Å²) < 4.78 is 20.6. The summed E-state index contributed by atoms with van der Waals surface area (Å²) in [4.78, 5) is 12.3. The number of amides is 1. The Hall–Kier alpha value is -2.45. The van der Waals surface area contributed by atoms with Crippen LogP contribution in [0.4, 0.5) is 4.39 Å². The standard InChI is InChI=1S/C19H24FN3O4/c1-2-9-23-10-8-15(22-23)19(26)21-14-6-7-16(18(25)17(14)24)27-13-5-3-4-12(20)11-13/h3-5,8,10-11,14,16-18,24-25H,2,6-7,9H2,1H3,(H,21,26)/t14-,16-,17-,18-/m1/s1. The molecule has 3 N–H and O–H groups in total. The molecule has 3 rings (SSSR count). The number of hydrogen-bond acceptors (Lipinski definition) is 5. The van der Waals surface area contributed by atoms with Gasteiger partial charge in [0.1, 0.15) is 35.6 Å². The summed E-state index contributed by atoms with van der Waals surface area (Å²) in [6.07, 6.45) is 0.377. The van der Waals surface area contributed by atoms with Gasteiger partial charge in [-0.3, -0.25) is 9.48 Å². The van der Waals surface area contributed by atoms with Crippen molar-refractivity contribution in [3.8, 4) is 5.75 Å². The highest BCUT2D eigenvalue weighted by Crippen LogP contribution is 2.25. The zero-order valence-corrected chi connectivity index (χ0v) is 15.1. The number of aliphatic hydroxyl groups excluding tert-OH is 2. The molecule has 1 aromatic carbocycles. The number of aliphatic hydroxyl groups is 2. The van der Waals surface area contributed by atoms with Gasteiger partial charge in [-0.05, 0) is 37.5 Å². The highest BCUT2D eigenvalue weighted by atomic mass is 19.1. The maximum atomic E-state index is 13.3. The number of benzene rings is 1. The van der Waals surface area contributed by atoms with Crippen LogP contribution in [0.5, 0.6) is 5.75 Å². The minimum Gasteiger partial charge on any atom is -0.488 e. The van der Waals surface area contributed by atoms with E-state index < -0.39 is 36.1 Å². The van der Waals surface area contributed by atoms with Crippen molar-refractivity contribution in [2.45, 2.75) is 57.1 Å². The Kier molecular flexibility index (Phi) is 6.08. The van der Waals surface area contributed by atoms with Crippen LogP contribution in [0.2, 0.25) is 0 Å². The summed E-state index contributed by atoms with van der Waals surface area (Å²) in [7, 11) is 0. The second-order valence-electron chi connectivity index (χ2n) is 6.72. The van der Waals surface area contributed by atoms with Crippen molar-refractivity contribution < 1.29 is 24.1 Å². The lowest BCUT2D eigenvalue weighted by Gasteiger charge is -2.37. The van der Waals surface area contributed by atoms with Crippen molar-refractivity contribution in [1.82, 2.24) is 15.1 Å². The van der Waals surface area contributed by atoms with Crippen LogP contribution in [0.15, 0.2) is 36.5 Å². The molecule has 0 bridgehead atoms. The fraction of sp³-hybridized carbons (Fsp3) is 0.474. The number of aryl methyl sites for hydroxylation is 1. The SMILES string of the molecule is CCCn1ccc(C(=O)N[C@@H]2CC[C@@H](Oc3cccc(F)c3)[C@@H](O)[C@@H]2O)n1. The van der Waals surface area contributed by atoms with Crippen LogP contribution in [-0.2, 0) is 6.54 Å². The first-order chi connectivity index (χ1) is 13.0. The maximum absolute atomic E-state index is 13.3. The largest absolute Gasteiger partial charge is 0.488 e. The third-order valence-electron chi connectivity index (χ3n) is 4.63. The molecule has 8 heteroatoms. The van der Waals surface area contributed by atoms with Crippen molar-refractivity contribution in [3.05, 3.63) is 48.0 Å². The summed E-state index contributed by atoms with van der Waals surface area (Å²) >= 11 is 0. The summed E-state index contributed by atoms with van der Waals surface area (Å²) in [6.45, 7) is 2.74. The first-order valence-electron chi connectivity index (χ1n) is 9.10. The lowest BCUT2D eigenvalue weighted by atomic mass is 9.87. The van der Waals surface area contributed by atoms with Gasteiger partial charge in [-0.1, -0.05) is 13.0 Å². The fourth-order valence-electron chi connectivity index (χ4n) is 3.22. The molecule has 2 aromatic rings. The molecule has 1 fully saturated rings. The van der Waals surface area contributed by atoms with E-state index >= 15 is 0 Å². The number of aromatic nitrogens is 2. The van der Waals surface area contributed by atoms with Gasteiger partial charge in [-0.25, -0.2) is 4.39 Å². The van der Waals surface area contributed by atoms with E-state index in [0.717, 1.165) is 13.0 Å². The number of rotatable bonds is 6. The number of nitrogens with zero attached hydrogens (tertiary/aromatic N) is 2. The predicted molar refractivity (Wildman–Crippen MR) is 95.8 cm³/mol. The van der Waals surface area contributed by atoms with Gasteiger partial charge in [0.15, 0.2) is 0 Å². The van der Waals surface area contributed by atoms with Crippen molar-refractivity contribution >= 4 is 5.91 Å². The zero-order valence-electron chi connectivity index (χ0n) is 15.1. The molecule has 0 unspecified atom stereocenters. The number of hydrogen-bond donors (Lipinski definition) is 3. The molecule has 1 heterocycles. The summed E-state index contributed by atoms with van der Waals surface area (Å²) in [5.41, 5.74) is 0.267. The molecule has 1 aliphatic carbocycles. The Morgan fingerprint density at radius 2 is 2.15 bits per heavy atom. The summed E-state index contributed by atoms with van der Waals surface area (Å²) in [6, 6.07) is 6.62. The van der Waals surface area contributed by atoms with Crippen LogP contribution in [0.3, 0.4) is 0 Å². The van der Waals surface area contributed by atoms with Gasteiger partial charge in [-0.15, -0.1) is 0 Å². The number of carbonyl (C=O) groups is 1. The molecule has 0 radical (unpaired) electrons. The molecule has 0 saturated heterocycles. The Morgan fingerprint density at radius 3 is 2.89 bits per heavy atom. The Bertz CT molecular complexity index is 782. The number of carbonyl (C=O) groups excluding carboxylic acids is 1. The quantitative estimate of drug-likeness (QED) is 0.709. The van der Waals surface area contributed by atoms with Gasteiger partial charge in [0, 0.05) is 18.8 Å². The van der Waals surface area contributed by atoms with E-state index in [9.17, 15) is 19.4 Å². The van der Waals surface area contributed by atoms with E-state index in [1.54, 1.807) is 23.0 Å². The van der Waals surface area contributed by atoms with Crippen LogP contribution >= 0.6 is 0 Å². The molecule has 4 atom stereocenters. The van der Waals surface area contributed by atoms with Crippen LogP contribution < -0.4 is 10.1 Å². The van der Waals surface area contributed by atoms with Gasteiger partial charge in [0.05, 0.1) is 6.04 Å². The lowest BCUT2D eigenvalue weighted by molar-refractivity contribution is -0.0875. The van der Waals surface area contributed by atoms with Crippen molar-refractivity contribution in [2.75, 3.05) is 0 Å². The van der Waals surface area contributed by atoms with Crippen LogP contribution in [0, 0.1) is 5.82 Å². The van der Waals surface area contributed by atoms with E-state index in [2.05, 4.69) is 10.4 Å². The topological polar surface area (TPSA) is 96.6 Å². The molecule has 0 spiro atoms. The molecule has 1 aliphatic rings. The summed E-state index contributed by atoms with van der Waals surface area (Å²) in [5.74, 6) is -0.549. The molecule has 146 valence electrons. The van der Waals surface area contributed by atoms with Crippen molar-refractivity contribution in [3.63, 3.8) is 0 Å². The molecule has 27 heavy (non-hydrogen) atoms. The third kappa shape index (κ3) is 4.64. The molecule has 7 nitrogen and oxygen atoms in total. The number of halogens is 1. The highest BCUT2D eigenvalue weighted by Gasteiger charge is 2.39. The number of ether oxygens (including phenoxy) is 1. The second kappa shape index (κ2) is 8.49. The monoisotopic (exact) mass is 377 g/mol. The number of nitrogens with one attached hydrogen (secondary N) is 1. The smallest absolute Gasteiger partial charge is 0.272 e. The first-order valence-corrected chi connectivity index (χ1v) is 9.10. The minimum atomic E-state index is -1.20.